The average molecular weight is 481 g/mol. The second-order valence-electron chi connectivity index (χ2n) is 9.69. The summed E-state index contributed by atoms with van der Waals surface area (Å²) < 4.78 is 13.7. The lowest BCUT2D eigenvalue weighted by Gasteiger charge is -2.35. The van der Waals surface area contributed by atoms with Gasteiger partial charge in [0.2, 0.25) is 0 Å². The van der Waals surface area contributed by atoms with Crippen molar-refractivity contribution in [3.63, 3.8) is 0 Å². The minimum absolute atomic E-state index is 0.306. The van der Waals surface area contributed by atoms with Crippen LogP contribution in [-0.4, -0.2) is 29.3 Å². The molecule has 3 aromatic carbocycles. The summed E-state index contributed by atoms with van der Waals surface area (Å²) in [5.74, 6) is 1.13. The molecular weight excluding hydrogens is 448 g/mol. The zero-order valence-corrected chi connectivity index (χ0v) is 20.9. The minimum atomic E-state index is -0.306. The molecule has 0 N–H and O–H groups in total. The van der Waals surface area contributed by atoms with Crippen molar-refractivity contribution in [2.75, 3.05) is 13.7 Å². The third-order valence-corrected chi connectivity index (χ3v) is 7.17. The maximum Gasteiger partial charge on any atom is 0.132 e. The minimum Gasteiger partial charge on any atom is -0.497 e. The number of carbonyl (C=O) groups excluding carboxylic acids is 1. The molecule has 0 bridgehead atoms. The van der Waals surface area contributed by atoms with Gasteiger partial charge in [0.15, 0.2) is 0 Å². The topological polar surface area (TPSA) is 53.4 Å². The fourth-order valence-electron chi connectivity index (χ4n) is 4.91. The average Bonchev–Trinajstić information content (AvgIpc) is 3.37. The second kappa shape index (κ2) is 10.5. The molecule has 0 radical (unpaired) electrons. The number of hydrogen-bond acceptors (Lipinski definition) is 4. The monoisotopic (exact) mass is 480 g/mol. The molecule has 4 aromatic rings. The molecule has 1 aliphatic carbocycles. The highest BCUT2D eigenvalue weighted by atomic mass is 16.5. The number of methoxy groups -OCH3 is 1. The van der Waals surface area contributed by atoms with E-state index in [1.54, 1.807) is 7.11 Å². The summed E-state index contributed by atoms with van der Waals surface area (Å²) in [6, 6.07) is 28.9. The van der Waals surface area contributed by atoms with Gasteiger partial charge < -0.3 is 9.47 Å². The predicted molar refractivity (Wildman–Crippen MR) is 142 cm³/mol. The van der Waals surface area contributed by atoms with Crippen LogP contribution >= 0.6 is 0 Å². The van der Waals surface area contributed by atoms with Gasteiger partial charge in [-0.05, 0) is 55.7 Å². The van der Waals surface area contributed by atoms with E-state index >= 15 is 0 Å². The quantitative estimate of drug-likeness (QED) is 0.291. The Morgan fingerprint density at radius 3 is 2.28 bits per heavy atom. The predicted octanol–water partition coefficient (Wildman–Crippen LogP) is 6.45. The summed E-state index contributed by atoms with van der Waals surface area (Å²) in [4.78, 5) is 12.2. The zero-order valence-electron chi connectivity index (χ0n) is 20.9. The number of aromatic nitrogens is 2. The zero-order chi connectivity index (χ0) is 25.0. The first-order chi connectivity index (χ1) is 17.6. The Bertz CT molecular complexity index is 1300. The number of hydrogen-bond donors (Lipinski definition) is 0. The van der Waals surface area contributed by atoms with Crippen LogP contribution in [0.25, 0.3) is 16.9 Å². The Balaban J connectivity index is 1.53. The van der Waals surface area contributed by atoms with Crippen LogP contribution in [0.1, 0.15) is 42.5 Å². The summed E-state index contributed by atoms with van der Waals surface area (Å²) in [5.41, 5.74) is 6.12. The van der Waals surface area contributed by atoms with Crippen LogP contribution < -0.4 is 4.74 Å². The van der Waals surface area contributed by atoms with Gasteiger partial charge in [-0.25, -0.2) is 4.68 Å². The Hall–Kier alpha value is -3.70. The number of aryl methyl sites for hydroxylation is 1. The molecule has 1 saturated carbocycles. The van der Waals surface area contributed by atoms with E-state index in [4.69, 9.17) is 14.6 Å². The smallest absolute Gasteiger partial charge is 0.132 e. The Labute approximate surface area is 212 Å². The van der Waals surface area contributed by atoms with E-state index in [1.807, 2.05) is 47.1 Å². The molecule has 1 aromatic heterocycles. The van der Waals surface area contributed by atoms with Crippen molar-refractivity contribution in [2.24, 2.45) is 0 Å². The number of ether oxygens (including phenoxy) is 2. The van der Waals surface area contributed by atoms with Gasteiger partial charge >= 0.3 is 0 Å². The van der Waals surface area contributed by atoms with Crippen LogP contribution in [0.15, 0.2) is 84.9 Å². The van der Waals surface area contributed by atoms with E-state index in [0.717, 1.165) is 46.8 Å². The molecule has 5 nitrogen and oxygen atoms in total. The van der Waals surface area contributed by atoms with Crippen molar-refractivity contribution < 1.29 is 14.3 Å². The number of rotatable bonds is 8. The molecule has 0 saturated heterocycles. The Morgan fingerprint density at radius 1 is 0.917 bits per heavy atom. The highest BCUT2D eigenvalue weighted by Gasteiger charge is 2.39. The first-order valence-electron chi connectivity index (χ1n) is 12.5. The second-order valence-corrected chi connectivity index (χ2v) is 9.69. The van der Waals surface area contributed by atoms with Crippen molar-refractivity contribution in [1.29, 1.82) is 0 Å². The summed E-state index contributed by atoms with van der Waals surface area (Å²) in [5, 5.41) is 5.17. The lowest BCUT2D eigenvalue weighted by molar-refractivity contribution is -0.122. The molecule has 1 heterocycles. The standard InChI is InChI=1S/C31H32N2O3/c1-23-8-10-25(11-9-23)29-20-30(32-33(29)26-12-14-28(35-2)15-13-26)31(18-16-27(34)17-19-31)22-36-21-24-6-4-3-5-7-24/h3-15,20H,16-19,21-22H2,1-2H3. The van der Waals surface area contributed by atoms with Gasteiger partial charge in [0.1, 0.15) is 11.5 Å². The number of carbonyl (C=O) groups is 1. The van der Waals surface area contributed by atoms with Crippen molar-refractivity contribution in [1.82, 2.24) is 9.78 Å². The summed E-state index contributed by atoms with van der Waals surface area (Å²) >= 11 is 0. The van der Waals surface area contributed by atoms with Crippen LogP contribution in [0.4, 0.5) is 0 Å². The molecule has 0 unspecified atom stereocenters. The third-order valence-electron chi connectivity index (χ3n) is 7.17. The number of benzene rings is 3. The van der Waals surface area contributed by atoms with Gasteiger partial charge in [-0.3, -0.25) is 4.79 Å². The van der Waals surface area contributed by atoms with Gasteiger partial charge in [-0.1, -0.05) is 60.2 Å². The van der Waals surface area contributed by atoms with Crippen LogP contribution in [0.2, 0.25) is 0 Å². The molecule has 0 amide bonds. The normalized spacial score (nSPS) is 15.1. The first kappa shape index (κ1) is 24.0. The largest absolute Gasteiger partial charge is 0.497 e. The molecule has 184 valence electrons. The molecule has 36 heavy (non-hydrogen) atoms. The first-order valence-corrected chi connectivity index (χ1v) is 12.5. The number of ketones is 1. The van der Waals surface area contributed by atoms with E-state index in [0.29, 0.717) is 31.8 Å². The molecule has 5 heteroatoms. The summed E-state index contributed by atoms with van der Waals surface area (Å²) in [7, 11) is 1.67. The summed E-state index contributed by atoms with van der Waals surface area (Å²) in [6.07, 6.45) is 2.61. The van der Waals surface area contributed by atoms with Crippen molar-refractivity contribution >= 4 is 5.78 Å². The highest BCUT2D eigenvalue weighted by Crippen LogP contribution is 2.40. The van der Waals surface area contributed by atoms with Crippen LogP contribution in [-0.2, 0) is 21.6 Å². The van der Waals surface area contributed by atoms with Crippen molar-refractivity contribution in [3.05, 3.63) is 102 Å². The molecular formula is C31H32N2O3. The number of nitrogens with zero attached hydrogens (tertiary/aromatic N) is 2. The Kier molecular flexibility index (Phi) is 7.01. The lowest BCUT2D eigenvalue weighted by atomic mass is 9.72. The molecule has 0 aliphatic heterocycles. The fourth-order valence-corrected chi connectivity index (χ4v) is 4.91. The number of Topliss-reactive ketones (excluding diaryl/α,β-unsaturated/α-hetero) is 1. The maximum atomic E-state index is 12.2. The van der Waals surface area contributed by atoms with Gasteiger partial charge in [0, 0.05) is 23.8 Å². The van der Waals surface area contributed by atoms with Crippen LogP contribution in [0.3, 0.4) is 0 Å². The van der Waals surface area contributed by atoms with Gasteiger partial charge in [-0.2, -0.15) is 5.10 Å². The van der Waals surface area contributed by atoms with E-state index in [-0.39, 0.29) is 5.41 Å². The molecule has 1 aliphatic rings. The lowest BCUT2D eigenvalue weighted by Crippen LogP contribution is -2.37. The van der Waals surface area contributed by atoms with Gasteiger partial charge in [0.25, 0.3) is 0 Å². The van der Waals surface area contributed by atoms with E-state index < -0.39 is 0 Å². The van der Waals surface area contributed by atoms with Gasteiger partial charge in [0.05, 0.1) is 37.4 Å². The van der Waals surface area contributed by atoms with Crippen LogP contribution in [0, 0.1) is 6.92 Å². The molecule has 5 rings (SSSR count). The summed E-state index contributed by atoms with van der Waals surface area (Å²) in [6.45, 7) is 3.16. The van der Waals surface area contributed by atoms with Gasteiger partial charge in [-0.15, -0.1) is 0 Å². The molecule has 0 atom stereocenters. The third kappa shape index (κ3) is 5.12. The molecule has 0 spiro atoms. The van der Waals surface area contributed by atoms with E-state index in [2.05, 4.69) is 49.4 Å². The Morgan fingerprint density at radius 2 is 1.61 bits per heavy atom. The van der Waals surface area contributed by atoms with E-state index in [9.17, 15) is 4.79 Å². The molecule has 1 fully saturated rings. The SMILES string of the molecule is COc1ccc(-n2nc(C3(COCc4ccccc4)CCC(=O)CC3)cc2-c2ccc(C)cc2)cc1. The highest BCUT2D eigenvalue weighted by molar-refractivity contribution is 5.79. The maximum absolute atomic E-state index is 12.2. The van der Waals surface area contributed by atoms with Crippen molar-refractivity contribution in [2.45, 2.75) is 44.6 Å². The van der Waals surface area contributed by atoms with Crippen LogP contribution in [0.5, 0.6) is 5.75 Å². The van der Waals surface area contributed by atoms with E-state index in [1.165, 1.54) is 5.56 Å². The van der Waals surface area contributed by atoms with Crippen molar-refractivity contribution in [3.8, 4) is 22.7 Å². The fraction of sp³-hybridized carbons (Fsp3) is 0.290.